The SMILES string of the molecule is [C-]#[N+]C1=C[C@@]2(C)c3nc(-c4cccc5ncccc45)nc(-c4ccccc4F)c3CC[C@@H]2[C@@H](CCC)C1=O. The molecule has 0 N–H and O–H groups in total. The van der Waals surface area contributed by atoms with Gasteiger partial charge in [0, 0.05) is 39.6 Å². The second-order valence-electron chi connectivity index (χ2n) is 10.4. The van der Waals surface area contributed by atoms with E-state index >= 15 is 4.39 Å². The molecule has 2 aliphatic rings. The van der Waals surface area contributed by atoms with Gasteiger partial charge in [0.15, 0.2) is 11.6 Å². The zero-order valence-electron chi connectivity index (χ0n) is 21.4. The van der Waals surface area contributed by atoms with Crippen molar-refractivity contribution in [2.24, 2.45) is 11.8 Å². The standard InChI is InChI=1S/C32H27FN4O/c1-4-9-21-24-16-15-23-28(22-10-5-6-13-25(22)33)36-31(20-11-7-14-26-19(20)12-8-17-35-26)37-30(23)32(24,2)18-27(34-3)29(21)38/h5-8,10-14,17-18,21,24H,4,9,15-16H2,1-2H3/t21-,24-,32-/m1/s1. The molecule has 0 saturated carbocycles. The summed E-state index contributed by atoms with van der Waals surface area (Å²) in [7, 11) is 0. The summed E-state index contributed by atoms with van der Waals surface area (Å²) in [6.45, 7) is 11.9. The van der Waals surface area contributed by atoms with Crippen LogP contribution in [-0.4, -0.2) is 20.7 Å². The molecule has 4 aromatic rings. The van der Waals surface area contributed by atoms with Crippen molar-refractivity contribution in [1.82, 2.24) is 15.0 Å². The van der Waals surface area contributed by atoms with Gasteiger partial charge in [-0.05, 0) is 49.4 Å². The van der Waals surface area contributed by atoms with E-state index in [0.29, 0.717) is 23.5 Å². The molecule has 5 nitrogen and oxygen atoms in total. The van der Waals surface area contributed by atoms with Gasteiger partial charge in [-0.15, -0.1) is 0 Å². The monoisotopic (exact) mass is 502 g/mol. The normalized spacial score (nSPS) is 22.4. The van der Waals surface area contributed by atoms with Crippen molar-refractivity contribution in [2.45, 2.75) is 44.9 Å². The number of carbonyl (C=O) groups is 1. The third-order valence-corrected chi connectivity index (χ3v) is 8.24. The third kappa shape index (κ3) is 3.65. The van der Waals surface area contributed by atoms with Gasteiger partial charge in [0.25, 0.3) is 0 Å². The fourth-order valence-electron chi connectivity index (χ4n) is 6.49. The molecule has 0 radical (unpaired) electrons. The molecule has 38 heavy (non-hydrogen) atoms. The number of hydrogen-bond donors (Lipinski definition) is 0. The average Bonchev–Trinajstić information content (AvgIpc) is 2.94. The summed E-state index contributed by atoms with van der Waals surface area (Å²) in [5.74, 6) is -0.130. The van der Waals surface area contributed by atoms with Gasteiger partial charge in [0.1, 0.15) is 5.82 Å². The molecular formula is C32H27FN4O. The van der Waals surface area contributed by atoms with Crippen molar-refractivity contribution < 1.29 is 9.18 Å². The van der Waals surface area contributed by atoms with E-state index in [0.717, 1.165) is 47.0 Å². The molecule has 6 heteroatoms. The topological polar surface area (TPSA) is 60.1 Å². The van der Waals surface area contributed by atoms with Crippen LogP contribution in [0.2, 0.25) is 0 Å². The minimum Gasteiger partial charge on any atom is -0.308 e. The first-order chi connectivity index (χ1) is 18.5. The molecule has 2 aliphatic carbocycles. The van der Waals surface area contributed by atoms with Crippen molar-refractivity contribution in [3.05, 3.63) is 101 Å². The lowest BCUT2D eigenvalue weighted by molar-refractivity contribution is -0.122. The smallest absolute Gasteiger partial charge is 0.226 e. The maximum Gasteiger partial charge on any atom is 0.226 e. The maximum absolute atomic E-state index is 15.2. The number of benzene rings is 2. The van der Waals surface area contributed by atoms with E-state index in [2.05, 4.69) is 23.7 Å². The lowest BCUT2D eigenvalue weighted by atomic mass is 9.57. The van der Waals surface area contributed by atoms with Crippen LogP contribution < -0.4 is 0 Å². The number of hydrogen-bond acceptors (Lipinski definition) is 4. The Morgan fingerprint density at radius 2 is 1.89 bits per heavy atom. The highest BCUT2D eigenvalue weighted by atomic mass is 19.1. The lowest BCUT2D eigenvalue weighted by Gasteiger charge is -2.47. The van der Waals surface area contributed by atoms with Crippen molar-refractivity contribution in [1.29, 1.82) is 0 Å². The Balaban J connectivity index is 1.68. The Labute approximate surface area is 221 Å². The second kappa shape index (κ2) is 9.25. The van der Waals surface area contributed by atoms with Gasteiger partial charge < -0.3 is 4.79 Å². The molecule has 2 heterocycles. The van der Waals surface area contributed by atoms with Crippen molar-refractivity contribution in [3.8, 4) is 22.6 Å². The quantitative estimate of drug-likeness (QED) is 0.279. The fraction of sp³-hybridized carbons (Fsp3) is 0.281. The van der Waals surface area contributed by atoms with Gasteiger partial charge in [-0.25, -0.2) is 19.2 Å². The number of ketones is 1. The number of allylic oxidation sites excluding steroid dienone is 2. The number of aromatic nitrogens is 3. The number of pyridine rings is 1. The summed E-state index contributed by atoms with van der Waals surface area (Å²) in [6.07, 6.45) is 6.56. The predicted molar refractivity (Wildman–Crippen MR) is 145 cm³/mol. The molecular weight excluding hydrogens is 475 g/mol. The highest BCUT2D eigenvalue weighted by Gasteiger charge is 2.50. The van der Waals surface area contributed by atoms with Gasteiger partial charge in [0.05, 0.1) is 23.5 Å². The van der Waals surface area contributed by atoms with Crippen LogP contribution in [0.5, 0.6) is 0 Å². The number of rotatable bonds is 4. The van der Waals surface area contributed by atoms with E-state index < -0.39 is 5.41 Å². The lowest BCUT2D eigenvalue weighted by Crippen LogP contribution is -2.47. The molecule has 0 aliphatic heterocycles. The van der Waals surface area contributed by atoms with Gasteiger partial charge in [-0.2, -0.15) is 0 Å². The number of halogens is 1. The number of carbonyl (C=O) groups excluding carboxylic acids is 1. The first kappa shape index (κ1) is 24.1. The van der Waals surface area contributed by atoms with Crippen LogP contribution in [-0.2, 0) is 16.6 Å². The molecule has 188 valence electrons. The first-order valence-corrected chi connectivity index (χ1v) is 13.1. The number of fused-ring (bicyclic) bond motifs is 4. The molecule has 0 fully saturated rings. The number of Topliss-reactive ketones (excluding diaryl/α,β-unsaturated/α-hetero) is 1. The number of nitrogens with zero attached hydrogens (tertiary/aromatic N) is 4. The van der Waals surface area contributed by atoms with E-state index in [1.165, 1.54) is 6.07 Å². The largest absolute Gasteiger partial charge is 0.308 e. The zero-order valence-corrected chi connectivity index (χ0v) is 21.4. The molecule has 0 bridgehead atoms. The van der Waals surface area contributed by atoms with Gasteiger partial charge in [0.2, 0.25) is 5.70 Å². The summed E-state index contributed by atoms with van der Waals surface area (Å²) in [4.78, 5) is 31.5. The minimum atomic E-state index is -0.651. The highest BCUT2D eigenvalue weighted by Crippen LogP contribution is 2.52. The van der Waals surface area contributed by atoms with Crippen LogP contribution in [0.3, 0.4) is 0 Å². The molecule has 0 unspecified atom stereocenters. The van der Waals surface area contributed by atoms with E-state index in [4.69, 9.17) is 16.5 Å². The van der Waals surface area contributed by atoms with Crippen LogP contribution in [0.4, 0.5) is 4.39 Å². The molecule has 2 aromatic carbocycles. The summed E-state index contributed by atoms with van der Waals surface area (Å²) in [5, 5.41) is 0.909. The van der Waals surface area contributed by atoms with E-state index in [1.807, 2.05) is 42.5 Å². The van der Waals surface area contributed by atoms with Crippen LogP contribution in [0.1, 0.15) is 44.4 Å². The van der Waals surface area contributed by atoms with Crippen LogP contribution in [0.25, 0.3) is 38.4 Å². The average molecular weight is 503 g/mol. The third-order valence-electron chi connectivity index (χ3n) is 8.24. The van der Waals surface area contributed by atoms with Crippen LogP contribution in [0, 0.1) is 24.2 Å². The predicted octanol–water partition coefficient (Wildman–Crippen LogP) is 7.12. The van der Waals surface area contributed by atoms with Crippen LogP contribution >= 0.6 is 0 Å². The van der Waals surface area contributed by atoms with Crippen molar-refractivity contribution in [3.63, 3.8) is 0 Å². The molecule has 2 aromatic heterocycles. The second-order valence-corrected chi connectivity index (χ2v) is 10.4. The van der Waals surface area contributed by atoms with Crippen molar-refractivity contribution in [2.75, 3.05) is 0 Å². The minimum absolute atomic E-state index is 0.0124. The van der Waals surface area contributed by atoms with E-state index in [1.54, 1.807) is 18.3 Å². The van der Waals surface area contributed by atoms with Crippen LogP contribution in [0.15, 0.2) is 72.6 Å². The molecule has 3 atom stereocenters. The Morgan fingerprint density at radius 1 is 1.08 bits per heavy atom. The molecule has 6 rings (SSSR count). The maximum atomic E-state index is 15.2. The van der Waals surface area contributed by atoms with E-state index in [9.17, 15) is 4.79 Å². The zero-order chi connectivity index (χ0) is 26.4. The highest BCUT2D eigenvalue weighted by molar-refractivity contribution is 6.00. The Kier molecular flexibility index (Phi) is 5.87. The Morgan fingerprint density at radius 3 is 2.68 bits per heavy atom. The first-order valence-electron chi connectivity index (χ1n) is 13.1. The molecule has 0 spiro atoms. The van der Waals surface area contributed by atoms with Gasteiger partial charge in [-0.1, -0.05) is 56.7 Å². The fourth-order valence-corrected chi connectivity index (χ4v) is 6.49. The van der Waals surface area contributed by atoms with E-state index in [-0.39, 0.29) is 29.1 Å². The molecule has 0 saturated heterocycles. The van der Waals surface area contributed by atoms with Gasteiger partial charge in [-0.3, -0.25) is 4.98 Å². The molecule has 0 amide bonds. The Bertz CT molecular complexity index is 1660. The Hall–Kier alpha value is -4.24. The summed E-state index contributed by atoms with van der Waals surface area (Å²) in [6, 6.07) is 16.4. The summed E-state index contributed by atoms with van der Waals surface area (Å²) < 4.78 is 15.2. The van der Waals surface area contributed by atoms with Gasteiger partial charge >= 0.3 is 0 Å². The van der Waals surface area contributed by atoms with Crippen molar-refractivity contribution >= 4 is 16.7 Å². The summed E-state index contributed by atoms with van der Waals surface area (Å²) in [5.41, 5.74) is 3.84. The summed E-state index contributed by atoms with van der Waals surface area (Å²) >= 11 is 0.